The second-order valence-corrected chi connectivity index (χ2v) is 4.34. The molecule has 0 heteroatoms. The molecule has 0 atom stereocenters. The molecule has 1 rings (SSSR count). The molecule has 0 aliphatic rings. The number of hydrogen-bond donors (Lipinski definition) is 0. The zero-order chi connectivity index (χ0) is 11.3. The summed E-state index contributed by atoms with van der Waals surface area (Å²) in [6.07, 6.45) is 4.65. The highest BCUT2D eigenvalue weighted by atomic mass is 14.3. The molecule has 0 amide bonds. The van der Waals surface area contributed by atoms with E-state index in [0.29, 0.717) is 5.41 Å². The molecule has 82 valence electrons. The molecular formula is C15H22. The van der Waals surface area contributed by atoms with Crippen LogP contribution in [-0.2, 0) is 0 Å². The maximum absolute atomic E-state index is 2.36. The van der Waals surface area contributed by atoms with Crippen LogP contribution in [0.4, 0.5) is 0 Å². The highest BCUT2D eigenvalue weighted by Crippen LogP contribution is 2.40. The van der Waals surface area contributed by atoms with Crippen molar-refractivity contribution < 1.29 is 0 Å². The third-order valence-corrected chi connectivity index (χ3v) is 3.58. The zero-order valence-corrected chi connectivity index (χ0v) is 10.4. The van der Waals surface area contributed by atoms with E-state index in [9.17, 15) is 0 Å². The van der Waals surface area contributed by atoms with Crippen molar-refractivity contribution >= 4 is 5.57 Å². The summed E-state index contributed by atoms with van der Waals surface area (Å²) in [7, 11) is 0. The molecule has 0 aliphatic carbocycles. The van der Waals surface area contributed by atoms with Gasteiger partial charge in [0, 0.05) is 0 Å². The summed E-state index contributed by atoms with van der Waals surface area (Å²) in [4.78, 5) is 0. The highest BCUT2D eigenvalue weighted by Gasteiger charge is 2.24. The third kappa shape index (κ3) is 2.50. The minimum absolute atomic E-state index is 0.316. The largest absolute Gasteiger partial charge is 0.0833 e. The van der Waals surface area contributed by atoms with E-state index in [2.05, 4.69) is 64.1 Å². The van der Waals surface area contributed by atoms with Crippen molar-refractivity contribution in [2.24, 2.45) is 5.41 Å². The monoisotopic (exact) mass is 202 g/mol. The fourth-order valence-corrected chi connectivity index (χ4v) is 2.11. The van der Waals surface area contributed by atoms with Crippen LogP contribution in [0.2, 0.25) is 0 Å². The Labute approximate surface area is 94.0 Å². The molecule has 0 aromatic heterocycles. The maximum Gasteiger partial charge on any atom is -0.00778 e. The lowest BCUT2D eigenvalue weighted by Gasteiger charge is -2.30. The van der Waals surface area contributed by atoms with Crippen LogP contribution in [0.5, 0.6) is 0 Å². The maximum atomic E-state index is 2.36. The standard InChI is InChI=1S/C15H22/c1-5-14(15(4,6-2)7-3)13-11-9-8-10-12-13/h5,8-12H,6-7H2,1-4H3/b14-5+. The normalized spacial score (nSPS) is 12.9. The molecular weight excluding hydrogens is 180 g/mol. The Morgan fingerprint density at radius 1 is 1.13 bits per heavy atom. The first-order valence-corrected chi connectivity index (χ1v) is 5.90. The van der Waals surface area contributed by atoms with E-state index in [1.807, 2.05) is 0 Å². The van der Waals surface area contributed by atoms with Crippen molar-refractivity contribution in [2.45, 2.75) is 40.5 Å². The topological polar surface area (TPSA) is 0 Å². The average molecular weight is 202 g/mol. The second kappa shape index (κ2) is 5.16. The van der Waals surface area contributed by atoms with E-state index >= 15 is 0 Å². The van der Waals surface area contributed by atoms with Gasteiger partial charge in [-0.15, -0.1) is 0 Å². The summed E-state index contributed by atoms with van der Waals surface area (Å²) in [5.74, 6) is 0. The fraction of sp³-hybridized carbons (Fsp3) is 0.467. The van der Waals surface area contributed by atoms with Crippen LogP contribution in [0.3, 0.4) is 0 Å². The smallest absolute Gasteiger partial charge is 0.00778 e. The van der Waals surface area contributed by atoms with E-state index in [4.69, 9.17) is 0 Å². The van der Waals surface area contributed by atoms with Gasteiger partial charge in [-0.05, 0) is 36.3 Å². The van der Waals surface area contributed by atoms with Crippen LogP contribution in [0.25, 0.3) is 5.57 Å². The average Bonchev–Trinajstić information content (AvgIpc) is 2.31. The Morgan fingerprint density at radius 3 is 2.07 bits per heavy atom. The fourth-order valence-electron chi connectivity index (χ4n) is 2.11. The number of benzene rings is 1. The van der Waals surface area contributed by atoms with Gasteiger partial charge in [-0.1, -0.05) is 57.2 Å². The molecule has 0 heterocycles. The van der Waals surface area contributed by atoms with E-state index < -0.39 is 0 Å². The van der Waals surface area contributed by atoms with Crippen molar-refractivity contribution in [3.8, 4) is 0 Å². The van der Waals surface area contributed by atoms with Gasteiger partial charge in [-0.2, -0.15) is 0 Å². The zero-order valence-electron chi connectivity index (χ0n) is 10.4. The van der Waals surface area contributed by atoms with E-state index in [1.54, 1.807) is 0 Å². The molecule has 0 saturated heterocycles. The van der Waals surface area contributed by atoms with Gasteiger partial charge in [0.05, 0.1) is 0 Å². The Hall–Kier alpha value is -1.04. The first-order chi connectivity index (χ1) is 7.18. The van der Waals surface area contributed by atoms with Crippen LogP contribution in [-0.4, -0.2) is 0 Å². The molecule has 0 bridgehead atoms. The first kappa shape index (κ1) is 12.0. The minimum Gasteiger partial charge on any atom is -0.0833 e. The predicted octanol–water partition coefficient (Wildman–Crippen LogP) is 4.92. The van der Waals surface area contributed by atoms with Crippen LogP contribution in [0.15, 0.2) is 36.4 Å². The molecule has 1 aromatic carbocycles. The van der Waals surface area contributed by atoms with Gasteiger partial charge in [0.15, 0.2) is 0 Å². The Morgan fingerprint density at radius 2 is 1.67 bits per heavy atom. The van der Waals surface area contributed by atoms with Gasteiger partial charge in [0.25, 0.3) is 0 Å². The Bertz CT molecular complexity index is 315. The van der Waals surface area contributed by atoms with Gasteiger partial charge >= 0.3 is 0 Å². The lowest BCUT2D eigenvalue weighted by molar-refractivity contribution is 0.414. The van der Waals surface area contributed by atoms with Crippen LogP contribution in [0.1, 0.15) is 46.1 Å². The number of allylic oxidation sites excluding steroid dienone is 2. The Balaban J connectivity index is 3.11. The van der Waals surface area contributed by atoms with Gasteiger partial charge in [0.1, 0.15) is 0 Å². The van der Waals surface area contributed by atoms with Crippen molar-refractivity contribution in [3.63, 3.8) is 0 Å². The van der Waals surface area contributed by atoms with Gasteiger partial charge < -0.3 is 0 Å². The van der Waals surface area contributed by atoms with Crippen molar-refractivity contribution in [1.29, 1.82) is 0 Å². The van der Waals surface area contributed by atoms with Crippen molar-refractivity contribution in [1.82, 2.24) is 0 Å². The summed E-state index contributed by atoms with van der Waals surface area (Å²) in [5, 5.41) is 0. The van der Waals surface area contributed by atoms with E-state index in [1.165, 1.54) is 24.0 Å². The van der Waals surface area contributed by atoms with E-state index in [-0.39, 0.29) is 0 Å². The molecule has 0 fully saturated rings. The number of hydrogen-bond acceptors (Lipinski definition) is 0. The molecule has 15 heavy (non-hydrogen) atoms. The summed E-state index contributed by atoms with van der Waals surface area (Å²) in [6.45, 7) is 9.05. The second-order valence-electron chi connectivity index (χ2n) is 4.34. The highest BCUT2D eigenvalue weighted by molar-refractivity contribution is 5.69. The predicted molar refractivity (Wildman–Crippen MR) is 68.8 cm³/mol. The quantitative estimate of drug-likeness (QED) is 0.650. The van der Waals surface area contributed by atoms with Gasteiger partial charge in [-0.3, -0.25) is 0 Å². The van der Waals surface area contributed by atoms with Crippen LogP contribution >= 0.6 is 0 Å². The lowest BCUT2D eigenvalue weighted by atomic mass is 9.74. The molecule has 0 unspecified atom stereocenters. The molecule has 0 N–H and O–H groups in total. The SMILES string of the molecule is C/C=C(\c1ccccc1)C(C)(CC)CC. The summed E-state index contributed by atoms with van der Waals surface area (Å²) >= 11 is 0. The van der Waals surface area contributed by atoms with Crippen molar-refractivity contribution in [2.75, 3.05) is 0 Å². The van der Waals surface area contributed by atoms with Crippen molar-refractivity contribution in [3.05, 3.63) is 42.0 Å². The summed E-state index contributed by atoms with van der Waals surface area (Å²) in [5.41, 5.74) is 3.16. The van der Waals surface area contributed by atoms with Gasteiger partial charge in [-0.25, -0.2) is 0 Å². The van der Waals surface area contributed by atoms with Gasteiger partial charge in [0.2, 0.25) is 0 Å². The first-order valence-electron chi connectivity index (χ1n) is 5.90. The molecule has 0 saturated carbocycles. The summed E-state index contributed by atoms with van der Waals surface area (Å²) in [6, 6.07) is 10.7. The third-order valence-electron chi connectivity index (χ3n) is 3.58. The molecule has 1 aromatic rings. The Kier molecular flexibility index (Phi) is 4.14. The number of rotatable bonds is 4. The van der Waals surface area contributed by atoms with E-state index in [0.717, 1.165) is 0 Å². The van der Waals surface area contributed by atoms with Crippen LogP contribution in [0, 0.1) is 5.41 Å². The summed E-state index contributed by atoms with van der Waals surface area (Å²) < 4.78 is 0. The lowest BCUT2D eigenvalue weighted by Crippen LogP contribution is -2.16. The molecule has 0 spiro atoms. The van der Waals surface area contributed by atoms with Crippen LogP contribution < -0.4 is 0 Å². The molecule has 0 nitrogen and oxygen atoms in total. The molecule has 0 aliphatic heterocycles. The minimum atomic E-state index is 0.316. The molecule has 0 radical (unpaired) electrons.